The fraction of sp³-hybridized carbons (Fsp3) is 0.786. The number of nitrogens with one attached hydrogen (secondary N) is 1. The van der Waals surface area contributed by atoms with Crippen LogP contribution in [0.4, 0.5) is 0 Å². The Morgan fingerprint density at radius 3 is 2.89 bits per heavy atom. The summed E-state index contributed by atoms with van der Waals surface area (Å²) in [6.45, 7) is 6.61. The van der Waals surface area contributed by atoms with Crippen molar-refractivity contribution in [1.29, 1.82) is 0 Å². The molecular weight excluding hydrogens is 238 g/mol. The number of hydrogen-bond donors (Lipinski definition) is 1. The second-order valence-electron chi connectivity index (χ2n) is 5.55. The lowest BCUT2D eigenvalue weighted by Gasteiger charge is -2.39. The van der Waals surface area contributed by atoms with E-state index < -0.39 is 0 Å². The molecule has 19 heavy (non-hydrogen) atoms. The third kappa shape index (κ3) is 3.35. The van der Waals surface area contributed by atoms with Crippen LogP contribution in [0.15, 0.2) is 12.4 Å². The zero-order valence-electron chi connectivity index (χ0n) is 12.6. The van der Waals surface area contributed by atoms with E-state index in [2.05, 4.69) is 51.9 Å². The molecule has 1 aromatic rings. The van der Waals surface area contributed by atoms with E-state index >= 15 is 0 Å². The van der Waals surface area contributed by atoms with Crippen LogP contribution >= 0.6 is 0 Å². The molecule has 0 bridgehead atoms. The van der Waals surface area contributed by atoms with Crippen LogP contribution in [-0.2, 0) is 6.54 Å². The van der Waals surface area contributed by atoms with Gasteiger partial charge in [0.2, 0.25) is 0 Å². The van der Waals surface area contributed by atoms with Gasteiger partial charge in [-0.05, 0) is 34.5 Å². The number of likely N-dealkylation sites (N-methyl/N-ethyl adjacent to an activating group) is 2. The highest BCUT2D eigenvalue weighted by Crippen LogP contribution is 2.21. The van der Waals surface area contributed by atoms with Crippen LogP contribution < -0.4 is 5.32 Å². The Bertz CT molecular complexity index is 389. The minimum atomic E-state index is 0.328. The molecule has 2 rings (SSSR count). The van der Waals surface area contributed by atoms with Crippen molar-refractivity contribution in [1.82, 2.24) is 24.7 Å². The lowest BCUT2D eigenvalue weighted by Crippen LogP contribution is -2.51. The first kappa shape index (κ1) is 14.5. The van der Waals surface area contributed by atoms with Gasteiger partial charge < -0.3 is 19.7 Å². The predicted molar refractivity (Wildman–Crippen MR) is 78.2 cm³/mol. The summed E-state index contributed by atoms with van der Waals surface area (Å²) in [4.78, 5) is 9.43. The third-order valence-corrected chi connectivity index (χ3v) is 4.24. The Morgan fingerprint density at radius 2 is 2.21 bits per heavy atom. The summed E-state index contributed by atoms with van der Waals surface area (Å²) in [7, 11) is 6.48. The average molecular weight is 265 g/mol. The fourth-order valence-electron chi connectivity index (χ4n) is 2.88. The van der Waals surface area contributed by atoms with Gasteiger partial charge in [0.1, 0.15) is 5.82 Å². The average Bonchev–Trinajstić information content (AvgIpc) is 2.88. The Kier molecular flexibility index (Phi) is 4.96. The highest BCUT2D eigenvalue weighted by molar-refractivity contribution is 5.01. The molecule has 0 aromatic carbocycles. The Hall–Kier alpha value is -0.910. The molecule has 1 N–H and O–H groups in total. The predicted octanol–water partition coefficient (Wildman–Crippen LogP) is 0.799. The molecule has 5 heteroatoms. The zero-order chi connectivity index (χ0) is 13.8. The normalized spacial score (nSPS) is 23.7. The van der Waals surface area contributed by atoms with Crippen molar-refractivity contribution < 1.29 is 0 Å². The van der Waals surface area contributed by atoms with Crippen molar-refractivity contribution >= 4 is 0 Å². The second kappa shape index (κ2) is 6.50. The Labute approximate surface area is 116 Å². The van der Waals surface area contributed by atoms with Gasteiger partial charge in [-0.3, -0.25) is 0 Å². The summed E-state index contributed by atoms with van der Waals surface area (Å²) in [5, 5.41) is 3.43. The van der Waals surface area contributed by atoms with E-state index in [-0.39, 0.29) is 0 Å². The molecule has 108 valence electrons. The van der Waals surface area contributed by atoms with E-state index in [0.717, 1.165) is 31.9 Å². The van der Waals surface area contributed by atoms with Gasteiger partial charge in [-0.1, -0.05) is 0 Å². The zero-order valence-corrected chi connectivity index (χ0v) is 12.6. The van der Waals surface area contributed by atoms with Crippen molar-refractivity contribution in [2.75, 3.05) is 40.8 Å². The number of rotatable bonds is 5. The van der Waals surface area contributed by atoms with Crippen LogP contribution in [0, 0.1) is 0 Å². The van der Waals surface area contributed by atoms with Crippen LogP contribution in [0.3, 0.4) is 0 Å². The maximum atomic E-state index is 4.54. The monoisotopic (exact) mass is 265 g/mol. The van der Waals surface area contributed by atoms with Gasteiger partial charge in [0.25, 0.3) is 0 Å². The number of nitrogens with zero attached hydrogens (tertiary/aromatic N) is 4. The molecule has 0 saturated carbocycles. The summed E-state index contributed by atoms with van der Waals surface area (Å²) in [5.74, 6) is 1.16. The highest BCUT2D eigenvalue weighted by atomic mass is 15.3. The highest BCUT2D eigenvalue weighted by Gasteiger charge is 2.26. The maximum absolute atomic E-state index is 4.54. The van der Waals surface area contributed by atoms with E-state index in [4.69, 9.17) is 0 Å². The number of imidazole rings is 1. The quantitative estimate of drug-likeness (QED) is 0.854. The first-order valence-electron chi connectivity index (χ1n) is 7.22. The molecule has 2 heterocycles. The lowest BCUT2D eigenvalue weighted by atomic mass is 10.0. The molecule has 1 aliphatic heterocycles. The van der Waals surface area contributed by atoms with Gasteiger partial charge in [-0.2, -0.15) is 0 Å². The topological polar surface area (TPSA) is 36.3 Å². The second-order valence-corrected chi connectivity index (χ2v) is 5.55. The van der Waals surface area contributed by atoms with E-state index in [1.807, 2.05) is 13.2 Å². The van der Waals surface area contributed by atoms with Gasteiger partial charge in [0.05, 0.1) is 6.04 Å². The third-order valence-electron chi connectivity index (χ3n) is 4.24. The molecule has 1 fully saturated rings. The molecule has 0 radical (unpaired) electrons. The molecule has 5 nitrogen and oxygen atoms in total. The molecule has 0 spiro atoms. The van der Waals surface area contributed by atoms with Gasteiger partial charge in [-0.15, -0.1) is 0 Å². The number of aromatic nitrogens is 2. The van der Waals surface area contributed by atoms with Gasteiger partial charge in [0, 0.05) is 44.6 Å². The Balaban J connectivity index is 2.06. The summed E-state index contributed by atoms with van der Waals surface area (Å²) in [6.07, 6.45) is 5.07. The van der Waals surface area contributed by atoms with Crippen molar-refractivity contribution in [3.63, 3.8) is 0 Å². The van der Waals surface area contributed by atoms with Crippen molar-refractivity contribution in [2.45, 2.75) is 32.0 Å². The van der Waals surface area contributed by atoms with Gasteiger partial charge in [0.15, 0.2) is 0 Å². The smallest absolute Gasteiger partial charge is 0.125 e. The van der Waals surface area contributed by atoms with E-state index in [1.54, 1.807) is 0 Å². The number of hydrogen-bond acceptors (Lipinski definition) is 4. The van der Waals surface area contributed by atoms with E-state index in [9.17, 15) is 0 Å². The Morgan fingerprint density at radius 1 is 1.42 bits per heavy atom. The van der Waals surface area contributed by atoms with Crippen LogP contribution in [0.1, 0.15) is 25.2 Å². The van der Waals surface area contributed by atoms with Crippen LogP contribution in [-0.4, -0.2) is 66.2 Å². The van der Waals surface area contributed by atoms with Gasteiger partial charge >= 0.3 is 0 Å². The molecule has 1 saturated heterocycles. The molecular formula is C14H27N5. The standard InChI is InChI=1S/C14H27N5/c1-5-19-7-6-16-14(19)13(15-2)10-12-11-17(3)8-9-18(12)4/h6-7,12-13,15H,5,8-11H2,1-4H3. The molecule has 1 aromatic heterocycles. The first-order chi connectivity index (χ1) is 9.15. The molecule has 1 aliphatic rings. The van der Waals surface area contributed by atoms with Gasteiger partial charge in [-0.25, -0.2) is 4.98 Å². The SMILES string of the molecule is CCn1ccnc1C(CC1CN(C)CCN1C)NC. The summed E-state index contributed by atoms with van der Waals surface area (Å²) in [6, 6.07) is 0.923. The number of piperazine rings is 1. The van der Waals surface area contributed by atoms with Crippen LogP contribution in [0.2, 0.25) is 0 Å². The molecule has 2 atom stereocenters. The van der Waals surface area contributed by atoms with Crippen molar-refractivity contribution in [2.24, 2.45) is 0 Å². The van der Waals surface area contributed by atoms with Crippen LogP contribution in [0.5, 0.6) is 0 Å². The van der Waals surface area contributed by atoms with Crippen LogP contribution in [0.25, 0.3) is 0 Å². The van der Waals surface area contributed by atoms with Crippen molar-refractivity contribution in [3.05, 3.63) is 18.2 Å². The minimum Gasteiger partial charge on any atom is -0.334 e. The van der Waals surface area contributed by atoms with E-state index in [0.29, 0.717) is 12.1 Å². The fourth-order valence-corrected chi connectivity index (χ4v) is 2.88. The molecule has 0 amide bonds. The maximum Gasteiger partial charge on any atom is 0.125 e. The first-order valence-corrected chi connectivity index (χ1v) is 7.22. The molecule has 2 unspecified atom stereocenters. The summed E-state index contributed by atoms with van der Waals surface area (Å²) < 4.78 is 2.23. The molecule has 0 aliphatic carbocycles. The van der Waals surface area contributed by atoms with E-state index in [1.165, 1.54) is 6.54 Å². The van der Waals surface area contributed by atoms with Crippen molar-refractivity contribution in [3.8, 4) is 0 Å². The summed E-state index contributed by atoms with van der Waals surface area (Å²) >= 11 is 0. The number of aryl methyl sites for hydroxylation is 1. The minimum absolute atomic E-state index is 0.328. The summed E-state index contributed by atoms with van der Waals surface area (Å²) in [5.41, 5.74) is 0. The largest absolute Gasteiger partial charge is 0.334 e. The lowest BCUT2D eigenvalue weighted by molar-refractivity contribution is 0.101.